The Morgan fingerprint density at radius 1 is 1.64 bits per heavy atom. The first-order valence-corrected chi connectivity index (χ1v) is 4.89. The van der Waals surface area contributed by atoms with Gasteiger partial charge in [-0.05, 0) is 24.3 Å². The first-order valence-electron chi connectivity index (χ1n) is 3.63. The Bertz CT molecular complexity index is 265. The van der Waals surface area contributed by atoms with Crippen molar-refractivity contribution < 1.29 is 5.11 Å². The van der Waals surface area contributed by atoms with E-state index in [1.807, 2.05) is 11.4 Å². The molecule has 0 amide bonds. The van der Waals surface area contributed by atoms with Crippen molar-refractivity contribution in [2.45, 2.75) is 18.3 Å². The molecule has 0 unspecified atom stereocenters. The number of halogens is 1. The summed E-state index contributed by atoms with van der Waals surface area (Å²) >= 11 is 7.59. The molecule has 1 aliphatic rings. The summed E-state index contributed by atoms with van der Waals surface area (Å²) in [5.74, 6) is 0. The van der Waals surface area contributed by atoms with Crippen LogP contribution in [0, 0.1) is 0 Å². The molecule has 1 aliphatic carbocycles. The van der Waals surface area contributed by atoms with Crippen LogP contribution in [0.4, 0.5) is 0 Å². The van der Waals surface area contributed by atoms with Gasteiger partial charge in [0.1, 0.15) is 0 Å². The number of hydrogen-bond donors (Lipinski definition) is 1. The predicted octanol–water partition coefficient (Wildman–Crippen LogP) is 2.43. The highest BCUT2D eigenvalue weighted by Gasteiger charge is 2.45. The van der Waals surface area contributed by atoms with Crippen molar-refractivity contribution in [3.8, 4) is 0 Å². The van der Waals surface area contributed by atoms with Crippen LogP contribution in [-0.4, -0.2) is 11.7 Å². The number of aliphatic hydroxyl groups is 1. The van der Waals surface area contributed by atoms with Gasteiger partial charge in [-0.15, -0.1) is 11.3 Å². The van der Waals surface area contributed by atoms with Crippen molar-refractivity contribution in [1.29, 1.82) is 0 Å². The molecule has 2 rings (SSSR count). The lowest BCUT2D eigenvalue weighted by atomic mass is 10.1. The Kier molecular flexibility index (Phi) is 1.71. The molecule has 0 atom stereocenters. The van der Waals surface area contributed by atoms with E-state index in [0.29, 0.717) is 0 Å². The number of aliphatic hydroxyl groups excluding tert-OH is 1. The van der Waals surface area contributed by atoms with Gasteiger partial charge in [-0.1, -0.05) is 11.6 Å². The van der Waals surface area contributed by atoms with E-state index in [1.54, 1.807) is 11.3 Å². The fourth-order valence-corrected chi connectivity index (χ4v) is 2.79. The lowest BCUT2D eigenvalue weighted by molar-refractivity contribution is 0.257. The third kappa shape index (κ3) is 1.10. The van der Waals surface area contributed by atoms with E-state index < -0.39 is 0 Å². The summed E-state index contributed by atoms with van der Waals surface area (Å²) < 4.78 is 0. The Labute approximate surface area is 74.6 Å². The molecule has 0 aliphatic heterocycles. The average molecular weight is 189 g/mol. The molecule has 0 spiro atoms. The molecule has 0 saturated heterocycles. The summed E-state index contributed by atoms with van der Waals surface area (Å²) in [5.41, 5.74) is 0.0469. The zero-order chi connectivity index (χ0) is 7.90. The van der Waals surface area contributed by atoms with Gasteiger partial charge < -0.3 is 5.11 Å². The molecule has 0 radical (unpaired) electrons. The second kappa shape index (κ2) is 2.47. The van der Waals surface area contributed by atoms with Gasteiger partial charge in [-0.25, -0.2) is 0 Å². The molecule has 1 heterocycles. The molecule has 1 saturated carbocycles. The smallest absolute Gasteiger partial charge is 0.0551 e. The standard InChI is InChI=1S/C8H9ClOS/c9-6-1-4-11-7(6)8(5-10)2-3-8/h1,4,10H,2-3,5H2. The van der Waals surface area contributed by atoms with E-state index in [0.717, 1.165) is 17.9 Å². The SMILES string of the molecule is OCC1(c2sccc2Cl)CC1. The average Bonchev–Trinajstić information content (AvgIpc) is 2.70. The van der Waals surface area contributed by atoms with Crippen LogP contribution in [0.1, 0.15) is 17.7 Å². The molecular formula is C8H9ClOS. The summed E-state index contributed by atoms with van der Waals surface area (Å²) in [5, 5.41) is 11.9. The maximum atomic E-state index is 9.10. The fraction of sp³-hybridized carbons (Fsp3) is 0.500. The second-order valence-corrected chi connectivity index (χ2v) is 4.36. The second-order valence-electron chi connectivity index (χ2n) is 3.04. The maximum Gasteiger partial charge on any atom is 0.0551 e. The number of thiophene rings is 1. The molecule has 3 heteroatoms. The summed E-state index contributed by atoms with van der Waals surface area (Å²) in [7, 11) is 0. The van der Waals surface area contributed by atoms with Crippen LogP contribution in [0.25, 0.3) is 0 Å². The van der Waals surface area contributed by atoms with Gasteiger partial charge in [0, 0.05) is 10.3 Å². The molecule has 1 aromatic rings. The first-order chi connectivity index (χ1) is 5.28. The molecular weight excluding hydrogens is 180 g/mol. The van der Waals surface area contributed by atoms with E-state index in [-0.39, 0.29) is 12.0 Å². The lowest BCUT2D eigenvalue weighted by Crippen LogP contribution is -2.09. The van der Waals surface area contributed by atoms with Gasteiger partial charge in [0.15, 0.2) is 0 Å². The molecule has 1 aromatic heterocycles. The van der Waals surface area contributed by atoms with E-state index >= 15 is 0 Å². The van der Waals surface area contributed by atoms with E-state index in [9.17, 15) is 0 Å². The first kappa shape index (κ1) is 7.59. The Hall–Kier alpha value is -0.0500. The Morgan fingerprint density at radius 2 is 2.36 bits per heavy atom. The quantitative estimate of drug-likeness (QED) is 0.756. The van der Waals surface area contributed by atoms with Gasteiger partial charge in [0.05, 0.1) is 11.6 Å². The van der Waals surface area contributed by atoms with Crippen LogP contribution < -0.4 is 0 Å². The largest absolute Gasteiger partial charge is 0.395 e. The molecule has 60 valence electrons. The van der Waals surface area contributed by atoms with Crippen LogP contribution in [0.3, 0.4) is 0 Å². The number of rotatable bonds is 2. The highest BCUT2D eigenvalue weighted by Crippen LogP contribution is 2.51. The minimum atomic E-state index is 0.0469. The van der Waals surface area contributed by atoms with E-state index in [1.165, 1.54) is 4.88 Å². The zero-order valence-electron chi connectivity index (χ0n) is 6.01. The summed E-state index contributed by atoms with van der Waals surface area (Å²) in [6, 6.07) is 1.90. The van der Waals surface area contributed by atoms with E-state index in [4.69, 9.17) is 16.7 Å². The molecule has 1 fully saturated rings. The molecule has 0 aromatic carbocycles. The van der Waals surface area contributed by atoms with Crippen LogP contribution in [-0.2, 0) is 5.41 Å². The molecule has 1 N–H and O–H groups in total. The van der Waals surface area contributed by atoms with Crippen LogP contribution in [0.5, 0.6) is 0 Å². The highest BCUT2D eigenvalue weighted by molar-refractivity contribution is 7.10. The van der Waals surface area contributed by atoms with Gasteiger partial charge >= 0.3 is 0 Å². The van der Waals surface area contributed by atoms with Gasteiger partial charge in [0.2, 0.25) is 0 Å². The Balaban J connectivity index is 2.35. The van der Waals surface area contributed by atoms with Gasteiger partial charge in [-0.2, -0.15) is 0 Å². The fourth-order valence-electron chi connectivity index (χ4n) is 1.28. The van der Waals surface area contributed by atoms with Crippen molar-refractivity contribution in [2.75, 3.05) is 6.61 Å². The minimum Gasteiger partial charge on any atom is -0.395 e. The third-order valence-electron chi connectivity index (χ3n) is 2.26. The van der Waals surface area contributed by atoms with Crippen LogP contribution in [0.2, 0.25) is 5.02 Å². The van der Waals surface area contributed by atoms with Gasteiger partial charge in [0.25, 0.3) is 0 Å². The van der Waals surface area contributed by atoms with Crippen molar-refractivity contribution in [2.24, 2.45) is 0 Å². The summed E-state index contributed by atoms with van der Waals surface area (Å²) in [4.78, 5) is 1.17. The van der Waals surface area contributed by atoms with Crippen LogP contribution >= 0.6 is 22.9 Å². The van der Waals surface area contributed by atoms with Crippen molar-refractivity contribution in [3.05, 3.63) is 21.3 Å². The predicted molar refractivity (Wildman–Crippen MR) is 47.3 cm³/mol. The zero-order valence-corrected chi connectivity index (χ0v) is 7.58. The topological polar surface area (TPSA) is 20.2 Å². The van der Waals surface area contributed by atoms with E-state index in [2.05, 4.69) is 0 Å². The molecule has 0 bridgehead atoms. The molecule has 11 heavy (non-hydrogen) atoms. The van der Waals surface area contributed by atoms with Gasteiger partial charge in [-0.3, -0.25) is 0 Å². The normalized spacial score (nSPS) is 20.2. The van der Waals surface area contributed by atoms with Crippen molar-refractivity contribution in [1.82, 2.24) is 0 Å². The lowest BCUT2D eigenvalue weighted by Gasteiger charge is -2.08. The summed E-state index contributed by atoms with van der Waals surface area (Å²) in [6.45, 7) is 0.243. The number of hydrogen-bond acceptors (Lipinski definition) is 2. The maximum absolute atomic E-state index is 9.10. The Morgan fingerprint density at radius 3 is 2.73 bits per heavy atom. The molecule has 1 nitrogen and oxygen atoms in total. The monoisotopic (exact) mass is 188 g/mol. The van der Waals surface area contributed by atoms with Crippen molar-refractivity contribution in [3.63, 3.8) is 0 Å². The summed E-state index contributed by atoms with van der Waals surface area (Å²) in [6.07, 6.45) is 2.17. The van der Waals surface area contributed by atoms with Crippen LogP contribution in [0.15, 0.2) is 11.4 Å². The van der Waals surface area contributed by atoms with Crippen molar-refractivity contribution >= 4 is 22.9 Å². The minimum absolute atomic E-state index is 0.0469. The highest BCUT2D eigenvalue weighted by atomic mass is 35.5. The third-order valence-corrected chi connectivity index (χ3v) is 3.84.